The monoisotopic (exact) mass is 550 g/mol. The number of unbranched alkanes of at least 4 members (excludes halogenated alkanes) is 17. The molecule has 0 saturated heterocycles. The number of hydrogen-bond donors (Lipinski definition) is 2. The number of phosphoric acid groups is 1. The topological polar surface area (TPSA) is 119 Å². The molecule has 220 valence electrons. The van der Waals surface area contributed by atoms with E-state index in [1.165, 1.54) is 96.3 Å². The Hall–Kier alpha value is -0.950. The minimum absolute atomic E-state index is 0.216. The molecule has 8 nitrogen and oxygen atoms in total. The van der Waals surface area contributed by atoms with Crippen LogP contribution in [0.2, 0.25) is 0 Å². The highest BCUT2D eigenvalue weighted by Crippen LogP contribution is 2.35. The van der Waals surface area contributed by atoms with E-state index in [0.29, 0.717) is 12.8 Å². The first kappa shape index (κ1) is 36.0. The van der Waals surface area contributed by atoms with Crippen LogP contribution in [0.4, 0.5) is 0 Å². The summed E-state index contributed by atoms with van der Waals surface area (Å²) in [4.78, 5) is 41.4. The molecule has 0 aliphatic rings. The molecule has 0 bridgehead atoms. The summed E-state index contributed by atoms with van der Waals surface area (Å²) in [6.07, 6.45) is 22.9. The Balaban J connectivity index is 3.69. The van der Waals surface area contributed by atoms with Crippen LogP contribution >= 0.6 is 7.82 Å². The van der Waals surface area contributed by atoms with Crippen molar-refractivity contribution in [2.24, 2.45) is 0 Å². The molecule has 1 atom stereocenters. The van der Waals surface area contributed by atoms with Gasteiger partial charge in [-0.05, 0) is 12.8 Å². The van der Waals surface area contributed by atoms with Gasteiger partial charge >= 0.3 is 19.8 Å². The van der Waals surface area contributed by atoms with E-state index in [4.69, 9.17) is 19.3 Å². The summed E-state index contributed by atoms with van der Waals surface area (Å²) in [5, 5.41) is 0. The molecular formula is C28H55O8P. The molecule has 0 fully saturated rings. The predicted octanol–water partition coefficient (Wildman–Crippen LogP) is 7.78. The predicted molar refractivity (Wildman–Crippen MR) is 147 cm³/mol. The van der Waals surface area contributed by atoms with Gasteiger partial charge in [-0.2, -0.15) is 0 Å². The zero-order valence-corrected chi connectivity index (χ0v) is 24.5. The van der Waals surface area contributed by atoms with Crippen molar-refractivity contribution in [1.82, 2.24) is 0 Å². The Bertz CT molecular complexity index is 593. The summed E-state index contributed by atoms with van der Waals surface area (Å²) in [6, 6.07) is 0. The van der Waals surface area contributed by atoms with Gasteiger partial charge in [0.15, 0.2) is 6.10 Å². The SMILES string of the molecule is CCCCCCCCCCCCCCCCCCCCC(=O)OC(COC(=O)CCC)COP(=O)(O)O. The molecule has 0 rings (SSSR count). The maximum absolute atomic E-state index is 12.1. The van der Waals surface area contributed by atoms with Crippen LogP contribution in [-0.2, 0) is 28.2 Å². The quantitative estimate of drug-likeness (QED) is 0.0604. The number of rotatable bonds is 27. The molecule has 2 N–H and O–H groups in total. The lowest BCUT2D eigenvalue weighted by Crippen LogP contribution is -2.29. The van der Waals surface area contributed by atoms with Crippen molar-refractivity contribution in [1.29, 1.82) is 0 Å². The van der Waals surface area contributed by atoms with E-state index in [1.54, 1.807) is 0 Å². The Morgan fingerprint density at radius 1 is 0.595 bits per heavy atom. The summed E-state index contributed by atoms with van der Waals surface area (Å²) in [7, 11) is -4.71. The highest BCUT2D eigenvalue weighted by molar-refractivity contribution is 7.46. The fourth-order valence-electron chi connectivity index (χ4n) is 4.17. The van der Waals surface area contributed by atoms with Gasteiger partial charge in [-0.15, -0.1) is 0 Å². The molecular weight excluding hydrogens is 495 g/mol. The zero-order chi connectivity index (χ0) is 27.6. The molecule has 0 amide bonds. The summed E-state index contributed by atoms with van der Waals surface area (Å²) in [5.41, 5.74) is 0. The molecule has 37 heavy (non-hydrogen) atoms. The van der Waals surface area contributed by atoms with Crippen molar-refractivity contribution in [2.75, 3.05) is 13.2 Å². The van der Waals surface area contributed by atoms with Crippen LogP contribution in [0.1, 0.15) is 149 Å². The van der Waals surface area contributed by atoms with Gasteiger partial charge < -0.3 is 19.3 Å². The van der Waals surface area contributed by atoms with Crippen molar-refractivity contribution < 1.29 is 37.9 Å². The van der Waals surface area contributed by atoms with Gasteiger partial charge in [0, 0.05) is 12.8 Å². The fourth-order valence-corrected chi connectivity index (χ4v) is 4.53. The van der Waals surface area contributed by atoms with E-state index < -0.39 is 32.5 Å². The minimum atomic E-state index is -4.71. The molecule has 0 aromatic carbocycles. The smallest absolute Gasteiger partial charge is 0.462 e. The lowest BCUT2D eigenvalue weighted by Gasteiger charge is -2.18. The Morgan fingerprint density at radius 2 is 1.03 bits per heavy atom. The Labute approximate surface area is 225 Å². The second-order valence-electron chi connectivity index (χ2n) is 10.1. The lowest BCUT2D eigenvalue weighted by atomic mass is 10.0. The average Bonchev–Trinajstić information content (AvgIpc) is 2.84. The Kier molecular flexibility index (Phi) is 24.7. The van der Waals surface area contributed by atoms with Gasteiger partial charge in [-0.1, -0.05) is 123 Å². The van der Waals surface area contributed by atoms with Crippen molar-refractivity contribution in [2.45, 2.75) is 155 Å². The number of phosphoric ester groups is 1. The summed E-state index contributed by atoms with van der Waals surface area (Å²) in [6.45, 7) is 3.27. The minimum Gasteiger partial charge on any atom is -0.462 e. The van der Waals surface area contributed by atoms with Crippen molar-refractivity contribution in [3.63, 3.8) is 0 Å². The molecule has 9 heteroatoms. The first-order valence-electron chi connectivity index (χ1n) is 14.8. The number of esters is 2. The third kappa shape index (κ3) is 27.9. The standard InChI is InChI=1S/C28H55O8P/c1-3-5-6-7-8-9-10-11-12-13-14-15-16-17-18-19-20-21-23-28(30)36-26(25-35-37(31,32)33)24-34-27(29)22-4-2/h26H,3-25H2,1-2H3,(H2,31,32,33). The third-order valence-corrected chi connectivity index (χ3v) is 6.83. The molecule has 0 aliphatic carbocycles. The molecule has 0 aliphatic heterocycles. The molecule has 0 radical (unpaired) electrons. The second-order valence-corrected chi connectivity index (χ2v) is 11.3. The maximum Gasteiger partial charge on any atom is 0.469 e. The first-order valence-corrected chi connectivity index (χ1v) is 16.4. The maximum atomic E-state index is 12.1. The lowest BCUT2D eigenvalue weighted by molar-refractivity contribution is -0.161. The van der Waals surface area contributed by atoms with E-state index in [0.717, 1.165) is 12.8 Å². The van der Waals surface area contributed by atoms with Gasteiger partial charge in [-0.25, -0.2) is 4.57 Å². The van der Waals surface area contributed by atoms with Crippen LogP contribution in [0.25, 0.3) is 0 Å². The highest BCUT2D eigenvalue weighted by Gasteiger charge is 2.22. The number of ether oxygens (including phenoxy) is 2. The summed E-state index contributed by atoms with van der Waals surface area (Å²) < 4.78 is 25.6. The number of carbonyl (C=O) groups excluding carboxylic acids is 2. The van der Waals surface area contributed by atoms with Crippen molar-refractivity contribution >= 4 is 19.8 Å². The van der Waals surface area contributed by atoms with E-state index in [1.807, 2.05) is 6.92 Å². The Morgan fingerprint density at radius 3 is 1.43 bits per heavy atom. The molecule has 0 aromatic heterocycles. The molecule has 0 aromatic rings. The molecule has 0 saturated carbocycles. The van der Waals surface area contributed by atoms with Gasteiger partial charge in [0.2, 0.25) is 0 Å². The first-order chi connectivity index (χ1) is 17.8. The van der Waals surface area contributed by atoms with Gasteiger partial charge in [0.05, 0.1) is 6.61 Å². The average molecular weight is 551 g/mol. The normalized spacial score (nSPS) is 12.4. The fraction of sp³-hybridized carbons (Fsp3) is 0.929. The van der Waals surface area contributed by atoms with Crippen molar-refractivity contribution in [3.05, 3.63) is 0 Å². The number of carbonyl (C=O) groups is 2. The molecule has 0 heterocycles. The van der Waals surface area contributed by atoms with Crippen LogP contribution in [-0.4, -0.2) is 41.0 Å². The van der Waals surface area contributed by atoms with Gasteiger partial charge in [0.1, 0.15) is 6.61 Å². The largest absolute Gasteiger partial charge is 0.469 e. The zero-order valence-electron chi connectivity index (χ0n) is 23.6. The van der Waals surface area contributed by atoms with Gasteiger partial charge in [-0.3, -0.25) is 14.1 Å². The molecule has 1 unspecified atom stereocenters. The van der Waals surface area contributed by atoms with Crippen LogP contribution in [0, 0.1) is 0 Å². The van der Waals surface area contributed by atoms with E-state index in [-0.39, 0.29) is 19.4 Å². The van der Waals surface area contributed by atoms with E-state index in [2.05, 4.69) is 11.4 Å². The van der Waals surface area contributed by atoms with Crippen LogP contribution in [0.15, 0.2) is 0 Å². The summed E-state index contributed by atoms with van der Waals surface area (Å²) >= 11 is 0. The van der Waals surface area contributed by atoms with Crippen LogP contribution < -0.4 is 0 Å². The van der Waals surface area contributed by atoms with Gasteiger partial charge in [0.25, 0.3) is 0 Å². The molecule has 0 spiro atoms. The number of hydrogen-bond acceptors (Lipinski definition) is 6. The van der Waals surface area contributed by atoms with Crippen LogP contribution in [0.3, 0.4) is 0 Å². The summed E-state index contributed by atoms with van der Waals surface area (Å²) in [5.74, 6) is -0.939. The van der Waals surface area contributed by atoms with E-state index in [9.17, 15) is 14.2 Å². The highest BCUT2D eigenvalue weighted by atomic mass is 31.2. The third-order valence-electron chi connectivity index (χ3n) is 6.35. The van der Waals surface area contributed by atoms with Crippen LogP contribution in [0.5, 0.6) is 0 Å². The second kappa shape index (κ2) is 25.3. The van der Waals surface area contributed by atoms with Crippen molar-refractivity contribution in [3.8, 4) is 0 Å². The van der Waals surface area contributed by atoms with E-state index >= 15 is 0 Å².